The van der Waals surface area contributed by atoms with Crippen molar-refractivity contribution in [3.8, 4) is 0 Å². The molecule has 0 unspecified atom stereocenters. The number of fused-ring (bicyclic) bond motifs is 1. The number of aryl methyl sites for hydroxylation is 2. The number of nitrogens with zero attached hydrogens (tertiary/aromatic N) is 3. The molecule has 6 heteroatoms. The molecule has 0 N–H and O–H groups in total. The summed E-state index contributed by atoms with van der Waals surface area (Å²) in [7, 11) is 2.08. The zero-order chi connectivity index (χ0) is 15.0. The summed E-state index contributed by atoms with van der Waals surface area (Å²) in [5, 5.41) is 3.67. The van der Waals surface area contributed by atoms with Crippen molar-refractivity contribution < 1.29 is 0 Å². The summed E-state index contributed by atoms with van der Waals surface area (Å²) in [4.78, 5) is 14.9. The van der Waals surface area contributed by atoms with Gasteiger partial charge in [0.2, 0.25) is 0 Å². The van der Waals surface area contributed by atoms with Gasteiger partial charge in [-0.3, -0.25) is 4.90 Å². The van der Waals surface area contributed by atoms with Gasteiger partial charge in [0.25, 0.3) is 0 Å². The lowest BCUT2D eigenvalue weighted by atomic mass is 10.2. The van der Waals surface area contributed by atoms with E-state index in [4.69, 9.17) is 11.6 Å². The fourth-order valence-electron chi connectivity index (χ4n) is 2.28. The smallest absolute Gasteiger partial charge is 0.145 e. The van der Waals surface area contributed by atoms with Crippen molar-refractivity contribution in [2.24, 2.45) is 0 Å². The highest BCUT2D eigenvalue weighted by molar-refractivity contribution is 7.18. The topological polar surface area (TPSA) is 29.0 Å². The van der Waals surface area contributed by atoms with Crippen molar-refractivity contribution in [2.45, 2.75) is 26.9 Å². The Morgan fingerprint density at radius 3 is 2.76 bits per heavy atom. The first-order chi connectivity index (χ1) is 10.0. The lowest BCUT2D eigenvalue weighted by molar-refractivity contribution is 0.314. The van der Waals surface area contributed by atoms with Crippen LogP contribution in [0, 0.1) is 13.8 Å². The van der Waals surface area contributed by atoms with Gasteiger partial charge in [-0.2, -0.15) is 0 Å². The van der Waals surface area contributed by atoms with Crippen molar-refractivity contribution in [1.29, 1.82) is 0 Å². The molecule has 0 bridgehead atoms. The van der Waals surface area contributed by atoms with E-state index in [0.717, 1.165) is 22.6 Å². The average molecular weight is 338 g/mol. The maximum absolute atomic E-state index is 6.35. The minimum atomic E-state index is 0.571. The Balaban J connectivity index is 1.84. The molecule has 0 aliphatic rings. The standard InChI is InChI=1S/C15H16ClN3S2/c1-9-10(2)21-15-13(9)14(16)17-12(18-15)8-19(3)7-11-5-4-6-20-11/h4-6H,7-8H2,1-3H3. The van der Waals surface area contributed by atoms with Gasteiger partial charge >= 0.3 is 0 Å². The van der Waals surface area contributed by atoms with E-state index in [1.165, 1.54) is 15.3 Å². The highest BCUT2D eigenvalue weighted by Crippen LogP contribution is 2.33. The summed E-state index contributed by atoms with van der Waals surface area (Å²) in [6.45, 7) is 5.77. The largest absolute Gasteiger partial charge is 0.294 e. The predicted octanol–water partition coefficient (Wildman–Crippen LogP) is 4.66. The van der Waals surface area contributed by atoms with Gasteiger partial charge in [0.05, 0.1) is 11.9 Å². The van der Waals surface area contributed by atoms with Gasteiger partial charge in [0, 0.05) is 16.3 Å². The van der Waals surface area contributed by atoms with Gasteiger partial charge in [-0.05, 0) is 37.9 Å². The van der Waals surface area contributed by atoms with Gasteiger partial charge in [-0.15, -0.1) is 22.7 Å². The van der Waals surface area contributed by atoms with Crippen LogP contribution in [0.5, 0.6) is 0 Å². The molecule has 3 rings (SSSR count). The van der Waals surface area contributed by atoms with Crippen LogP contribution >= 0.6 is 34.3 Å². The molecule has 21 heavy (non-hydrogen) atoms. The van der Waals surface area contributed by atoms with Crippen LogP contribution < -0.4 is 0 Å². The van der Waals surface area contributed by atoms with Gasteiger partial charge in [-0.25, -0.2) is 9.97 Å². The summed E-state index contributed by atoms with van der Waals surface area (Å²) in [5.74, 6) is 0.785. The van der Waals surface area contributed by atoms with Crippen LogP contribution in [-0.2, 0) is 13.1 Å². The Labute approximate surface area is 137 Å². The predicted molar refractivity (Wildman–Crippen MR) is 91.4 cm³/mol. The summed E-state index contributed by atoms with van der Waals surface area (Å²) >= 11 is 9.80. The highest BCUT2D eigenvalue weighted by Gasteiger charge is 2.14. The summed E-state index contributed by atoms with van der Waals surface area (Å²) in [6, 6.07) is 4.22. The molecular weight excluding hydrogens is 322 g/mol. The monoisotopic (exact) mass is 337 g/mol. The first-order valence-corrected chi connectivity index (χ1v) is 8.75. The number of hydrogen-bond donors (Lipinski definition) is 0. The van der Waals surface area contributed by atoms with Gasteiger partial charge in [-0.1, -0.05) is 17.7 Å². The molecule has 0 aromatic carbocycles. The minimum Gasteiger partial charge on any atom is -0.294 e. The lowest BCUT2D eigenvalue weighted by Gasteiger charge is -2.14. The second kappa shape index (κ2) is 6.01. The van der Waals surface area contributed by atoms with E-state index in [2.05, 4.69) is 53.3 Å². The van der Waals surface area contributed by atoms with E-state index >= 15 is 0 Å². The number of halogens is 1. The van der Waals surface area contributed by atoms with Crippen LogP contribution in [0.2, 0.25) is 5.15 Å². The van der Waals surface area contributed by atoms with Gasteiger partial charge in [0.1, 0.15) is 15.8 Å². The van der Waals surface area contributed by atoms with Crippen molar-refractivity contribution in [3.05, 3.63) is 43.8 Å². The Bertz CT molecular complexity index is 765. The summed E-state index contributed by atoms with van der Waals surface area (Å²) < 4.78 is 0. The van der Waals surface area contributed by atoms with Gasteiger partial charge < -0.3 is 0 Å². The van der Waals surface area contributed by atoms with E-state index in [1.54, 1.807) is 22.7 Å². The number of aromatic nitrogens is 2. The Hall–Kier alpha value is -1.01. The zero-order valence-corrected chi connectivity index (χ0v) is 14.6. The van der Waals surface area contributed by atoms with Crippen LogP contribution in [0.3, 0.4) is 0 Å². The Kier molecular flexibility index (Phi) is 4.26. The second-order valence-electron chi connectivity index (χ2n) is 5.15. The van der Waals surface area contributed by atoms with E-state index in [0.29, 0.717) is 11.7 Å². The Morgan fingerprint density at radius 2 is 2.05 bits per heavy atom. The fourth-order valence-corrected chi connectivity index (χ4v) is 4.50. The summed E-state index contributed by atoms with van der Waals surface area (Å²) in [6.07, 6.45) is 0. The third-order valence-electron chi connectivity index (χ3n) is 3.45. The van der Waals surface area contributed by atoms with Crippen molar-refractivity contribution >= 4 is 44.5 Å². The minimum absolute atomic E-state index is 0.571. The number of thiophene rings is 2. The second-order valence-corrected chi connectivity index (χ2v) is 7.74. The van der Waals surface area contributed by atoms with Crippen LogP contribution in [0.4, 0.5) is 0 Å². The van der Waals surface area contributed by atoms with Crippen LogP contribution in [0.25, 0.3) is 10.2 Å². The molecule has 3 heterocycles. The van der Waals surface area contributed by atoms with Crippen molar-refractivity contribution in [1.82, 2.24) is 14.9 Å². The third-order valence-corrected chi connectivity index (χ3v) is 5.68. The SMILES string of the molecule is Cc1sc2nc(CN(C)Cc3cccs3)nc(Cl)c2c1C. The zero-order valence-electron chi connectivity index (χ0n) is 12.2. The molecule has 0 aliphatic heterocycles. The maximum Gasteiger partial charge on any atom is 0.145 e. The molecule has 0 spiro atoms. The number of rotatable bonds is 4. The van der Waals surface area contributed by atoms with Crippen molar-refractivity contribution in [3.63, 3.8) is 0 Å². The molecule has 3 nitrogen and oxygen atoms in total. The first kappa shape index (κ1) is 14.9. The average Bonchev–Trinajstić information content (AvgIpc) is 2.99. The molecule has 0 aliphatic carbocycles. The molecule has 3 aromatic rings. The molecule has 110 valence electrons. The molecular formula is C15H16ClN3S2. The normalized spacial score (nSPS) is 11.7. The molecule has 0 amide bonds. The summed E-state index contributed by atoms with van der Waals surface area (Å²) in [5.41, 5.74) is 1.19. The van der Waals surface area contributed by atoms with Crippen LogP contribution in [0.15, 0.2) is 17.5 Å². The lowest BCUT2D eigenvalue weighted by Crippen LogP contribution is -2.18. The van der Waals surface area contributed by atoms with E-state index in [1.807, 2.05) is 0 Å². The highest BCUT2D eigenvalue weighted by atomic mass is 35.5. The molecule has 3 aromatic heterocycles. The third kappa shape index (κ3) is 3.11. The van der Waals surface area contributed by atoms with Crippen LogP contribution in [-0.4, -0.2) is 21.9 Å². The molecule has 0 atom stereocenters. The van der Waals surface area contributed by atoms with E-state index < -0.39 is 0 Å². The van der Waals surface area contributed by atoms with E-state index in [-0.39, 0.29) is 0 Å². The van der Waals surface area contributed by atoms with E-state index in [9.17, 15) is 0 Å². The molecule has 0 fully saturated rings. The first-order valence-electron chi connectivity index (χ1n) is 6.67. The van der Waals surface area contributed by atoms with Crippen molar-refractivity contribution in [2.75, 3.05) is 7.05 Å². The van der Waals surface area contributed by atoms with Gasteiger partial charge in [0.15, 0.2) is 0 Å². The fraction of sp³-hybridized carbons (Fsp3) is 0.333. The number of hydrogen-bond acceptors (Lipinski definition) is 5. The maximum atomic E-state index is 6.35. The molecule has 0 radical (unpaired) electrons. The molecule has 0 saturated heterocycles. The molecule has 0 saturated carbocycles. The Morgan fingerprint density at radius 1 is 1.24 bits per heavy atom. The van der Waals surface area contributed by atoms with Crippen LogP contribution in [0.1, 0.15) is 21.1 Å². The quantitative estimate of drug-likeness (QED) is 0.648.